The van der Waals surface area contributed by atoms with Crippen LogP contribution < -0.4 is 16.0 Å². The SMILES string of the molecule is COc1ccc(Cl)cc1C(CC(C)C(C)(C)C)NN. The van der Waals surface area contributed by atoms with Crippen LogP contribution in [0.5, 0.6) is 5.75 Å². The predicted octanol–water partition coefficient (Wildman–Crippen LogP) is 3.93. The van der Waals surface area contributed by atoms with E-state index < -0.39 is 0 Å². The minimum absolute atomic E-state index is 0.0304. The van der Waals surface area contributed by atoms with Crippen LogP contribution in [-0.2, 0) is 0 Å². The molecule has 1 rings (SSSR count). The van der Waals surface area contributed by atoms with E-state index in [4.69, 9.17) is 22.2 Å². The van der Waals surface area contributed by atoms with E-state index in [0.717, 1.165) is 17.7 Å². The second kappa shape index (κ2) is 6.60. The Hall–Kier alpha value is -0.770. The summed E-state index contributed by atoms with van der Waals surface area (Å²) >= 11 is 6.08. The Bertz CT molecular complexity index is 415. The zero-order chi connectivity index (χ0) is 14.6. The Balaban J connectivity index is 3.00. The monoisotopic (exact) mass is 284 g/mol. The molecule has 0 radical (unpaired) electrons. The first kappa shape index (κ1) is 16.3. The molecule has 2 atom stereocenters. The second-order valence-electron chi connectivity index (χ2n) is 6.11. The highest BCUT2D eigenvalue weighted by atomic mass is 35.5. The fraction of sp³-hybridized carbons (Fsp3) is 0.600. The molecule has 0 aliphatic carbocycles. The number of halogens is 1. The van der Waals surface area contributed by atoms with Crippen molar-refractivity contribution >= 4 is 11.6 Å². The molecule has 0 amide bonds. The topological polar surface area (TPSA) is 47.3 Å². The molecule has 4 heteroatoms. The molecule has 0 aliphatic heterocycles. The van der Waals surface area contributed by atoms with Crippen LogP contribution >= 0.6 is 11.6 Å². The van der Waals surface area contributed by atoms with Crippen molar-refractivity contribution in [2.75, 3.05) is 7.11 Å². The number of rotatable bonds is 5. The lowest BCUT2D eigenvalue weighted by Gasteiger charge is -2.31. The summed E-state index contributed by atoms with van der Waals surface area (Å²) in [6.07, 6.45) is 0.927. The molecule has 0 spiro atoms. The van der Waals surface area contributed by atoms with Crippen molar-refractivity contribution in [3.8, 4) is 5.75 Å². The fourth-order valence-electron chi connectivity index (χ4n) is 1.97. The third-order valence-electron chi connectivity index (χ3n) is 3.84. The van der Waals surface area contributed by atoms with Crippen LogP contribution in [0.4, 0.5) is 0 Å². The van der Waals surface area contributed by atoms with Gasteiger partial charge in [0.2, 0.25) is 0 Å². The summed E-state index contributed by atoms with van der Waals surface area (Å²) in [5.74, 6) is 7.05. The van der Waals surface area contributed by atoms with E-state index in [1.165, 1.54) is 0 Å². The Morgan fingerprint density at radius 1 is 1.37 bits per heavy atom. The van der Waals surface area contributed by atoms with Gasteiger partial charge in [-0.2, -0.15) is 0 Å². The molecule has 0 saturated carbocycles. The van der Waals surface area contributed by atoms with E-state index in [1.54, 1.807) is 7.11 Å². The van der Waals surface area contributed by atoms with Gasteiger partial charge in [-0.05, 0) is 36.0 Å². The van der Waals surface area contributed by atoms with Gasteiger partial charge in [-0.25, -0.2) is 0 Å². The van der Waals surface area contributed by atoms with E-state index in [-0.39, 0.29) is 11.5 Å². The molecule has 1 aromatic rings. The fourth-order valence-corrected chi connectivity index (χ4v) is 2.15. The quantitative estimate of drug-likeness (QED) is 0.636. The third-order valence-corrected chi connectivity index (χ3v) is 4.07. The minimum Gasteiger partial charge on any atom is -0.496 e. The molecule has 3 N–H and O–H groups in total. The maximum absolute atomic E-state index is 6.08. The minimum atomic E-state index is 0.0304. The van der Waals surface area contributed by atoms with Crippen LogP contribution in [0, 0.1) is 11.3 Å². The maximum atomic E-state index is 6.08. The van der Waals surface area contributed by atoms with Crippen LogP contribution in [-0.4, -0.2) is 7.11 Å². The Kier molecular flexibility index (Phi) is 5.65. The largest absolute Gasteiger partial charge is 0.496 e. The summed E-state index contributed by atoms with van der Waals surface area (Å²) in [5.41, 5.74) is 4.13. The number of methoxy groups -OCH3 is 1. The summed E-state index contributed by atoms with van der Waals surface area (Å²) in [7, 11) is 1.66. The Morgan fingerprint density at radius 2 is 2.00 bits per heavy atom. The van der Waals surface area contributed by atoms with Crippen molar-refractivity contribution in [3.05, 3.63) is 28.8 Å². The molecule has 108 valence electrons. The molecule has 19 heavy (non-hydrogen) atoms. The summed E-state index contributed by atoms with van der Waals surface area (Å²) in [6, 6.07) is 5.65. The molecule has 0 bridgehead atoms. The first-order chi connectivity index (χ1) is 8.79. The lowest BCUT2D eigenvalue weighted by molar-refractivity contribution is 0.222. The summed E-state index contributed by atoms with van der Waals surface area (Å²) < 4.78 is 5.40. The van der Waals surface area contributed by atoms with Gasteiger partial charge in [0.05, 0.1) is 7.11 Å². The van der Waals surface area contributed by atoms with Crippen LogP contribution in [0.15, 0.2) is 18.2 Å². The van der Waals surface area contributed by atoms with Crippen molar-refractivity contribution in [1.82, 2.24) is 5.43 Å². The first-order valence-electron chi connectivity index (χ1n) is 6.59. The molecule has 0 aromatic heterocycles. The summed E-state index contributed by atoms with van der Waals surface area (Å²) in [6.45, 7) is 8.95. The number of hydrogen-bond donors (Lipinski definition) is 2. The second-order valence-corrected chi connectivity index (χ2v) is 6.54. The van der Waals surface area contributed by atoms with Gasteiger partial charge < -0.3 is 4.74 Å². The Morgan fingerprint density at radius 3 is 2.47 bits per heavy atom. The standard InChI is InChI=1S/C15H25ClN2O/c1-10(15(2,3)4)8-13(18-17)12-9-11(16)6-7-14(12)19-5/h6-7,9-10,13,18H,8,17H2,1-5H3. The number of nitrogens with one attached hydrogen (secondary N) is 1. The van der Waals surface area contributed by atoms with Crippen molar-refractivity contribution in [3.63, 3.8) is 0 Å². The summed E-state index contributed by atoms with van der Waals surface area (Å²) in [5, 5.41) is 0.694. The highest BCUT2D eigenvalue weighted by Crippen LogP contribution is 2.36. The molecular weight excluding hydrogens is 260 g/mol. The zero-order valence-electron chi connectivity index (χ0n) is 12.5. The van der Waals surface area contributed by atoms with Gasteiger partial charge in [0.15, 0.2) is 0 Å². The molecule has 0 fully saturated rings. The van der Waals surface area contributed by atoms with Crippen molar-refractivity contribution in [2.45, 2.75) is 40.2 Å². The lowest BCUT2D eigenvalue weighted by atomic mass is 9.77. The number of benzene rings is 1. The average Bonchev–Trinajstić information content (AvgIpc) is 2.34. The summed E-state index contributed by atoms with van der Waals surface area (Å²) in [4.78, 5) is 0. The first-order valence-corrected chi connectivity index (χ1v) is 6.97. The van der Waals surface area contributed by atoms with Crippen molar-refractivity contribution < 1.29 is 4.74 Å². The molecular formula is C15H25ClN2O. The highest BCUT2D eigenvalue weighted by Gasteiger charge is 2.25. The maximum Gasteiger partial charge on any atom is 0.123 e. The molecule has 3 nitrogen and oxygen atoms in total. The van der Waals surface area contributed by atoms with Gasteiger partial charge in [0, 0.05) is 16.6 Å². The number of ether oxygens (including phenoxy) is 1. The van der Waals surface area contributed by atoms with Crippen LogP contribution in [0.25, 0.3) is 0 Å². The van der Waals surface area contributed by atoms with Gasteiger partial charge in [-0.1, -0.05) is 39.3 Å². The van der Waals surface area contributed by atoms with Gasteiger partial charge in [0.25, 0.3) is 0 Å². The van der Waals surface area contributed by atoms with Crippen LogP contribution in [0.3, 0.4) is 0 Å². The van der Waals surface area contributed by atoms with Gasteiger partial charge in [-0.3, -0.25) is 11.3 Å². The van der Waals surface area contributed by atoms with E-state index in [0.29, 0.717) is 10.9 Å². The molecule has 2 unspecified atom stereocenters. The average molecular weight is 285 g/mol. The molecule has 1 aromatic carbocycles. The van der Waals surface area contributed by atoms with Crippen LogP contribution in [0.1, 0.15) is 45.7 Å². The number of hydrogen-bond acceptors (Lipinski definition) is 3. The smallest absolute Gasteiger partial charge is 0.123 e. The van der Waals surface area contributed by atoms with Crippen molar-refractivity contribution in [2.24, 2.45) is 17.2 Å². The van der Waals surface area contributed by atoms with Crippen LogP contribution in [0.2, 0.25) is 5.02 Å². The molecule has 0 aliphatic rings. The van der Waals surface area contributed by atoms with E-state index in [1.807, 2.05) is 18.2 Å². The van der Waals surface area contributed by atoms with Gasteiger partial charge >= 0.3 is 0 Å². The normalized spacial score (nSPS) is 15.1. The highest BCUT2D eigenvalue weighted by molar-refractivity contribution is 6.30. The zero-order valence-corrected chi connectivity index (χ0v) is 13.2. The van der Waals surface area contributed by atoms with E-state index in [9.17, 15) is 0 Å². The van der Waals surface area contributed by atoms with Gasteiger partial charge in [-0.15, -0.1) is 0 Å². The predicted molar refractivity (Wildman–Crippen MR) is 81.3 cm³/mol. The number of hydrazine groups is 1. The third kappa shape index (κ3) is 4.37. The molecule has 0 saturated heterocycles. The van der Waals surface area contributed by atoms with Gasteiger partial charge in [0.1, 0.15) is 5.75 Å². The van der Waals surface area contributed by atoms with Crippen molar-refractivity contribution in [1.29, 1.82) is 0 Å². The molecule has 0 heterocycles. The van der Waals surface area contributed by atoms with E-state index in [2.05, 4.69) is 33.1 Å². The Labute approximate surface area is 121 Å². The number of nitrogens with two attached hydrogens (primary N) is 1. The van der Waals surface area contributed by atoms with E-state index >= 15 is 0 Å². The lowest BCUT2D eigenvalue weighted by Crippen LogP contribution is -2.32.